The molecule has 180 valence electrons. The maximum atomic E-state index is 10.2. The number of ether oxygens (including phenoxy) is 4. The molecule has 0 radical (unpaired) electrons. The number of aliphatic carboxylic acids is 2. The molecule has 0 unspecified atom stereocenters. The van der Waals surface area contributed by atoms with Crippen LogP contribution in [-0.2, 0) is 28.5 Å². The Balaban J connectivity index is -0.000000382. The average Bonchev–Trinajstić information content (AvgIpc) is 2.74. The van der Waals surface area contributed by atoms with Gasteiger partial charge in [0.2, 0.25) is 0 Å². The zero-order valence-electron chi connectivity index (χ0n) is 20.0. The predicted octanol–water partition coefficient (Wildman–Crippen LogP) is 2.43. The molecule has 0 rings (SSSR count). The third-order valence-electron chi connectivity index (χ3n) is 3.13. The van der Waals surface area contributed by atoms with Crippen molar-refractivity contribution in [3.05, 3.63) is 24.0 Å². The van der Waals surface area contributed by atoms with Gasteiger partial charge in [0, 0.05) is 0 Å². The van der Waals surface area contributed by atoms with Gasteiger partial charge in [-0.1, -0.05) is 0 Å². The van der Waals surface area contributed by atoms with E-state index in [1.165, 1.54) is 25.7 Å². The monoisotopic (exact) mass is 552 g/mol. The first kappa shape index (κ1) is 34.0. The Labute approximate surface area is 198 Å². The Morgan fingerprint density at radius 1 is 0.677 bits per heavy atom. The number of carbonyl (C=O) groups excluding carboxylic acids is 2. The zero-order valence-corrected chi connectivity index (χ0v) is 22.8. The van der Waals surface area contributed by atoms with Crippen LogP contribution in [0.2, 0.25) is 8.87 Å². The van der Waals surface area contributed by atoms with Gasteiger partial charge in [0.25, 0.3) is 0 Å². The van der Waals surface area contributed by atoms with Gasteiger partial charge in [-0.2, -0.15) is 0 Å². The first-order valence-corrected chi connectivity index (χ1v) is 14.9. The van der Waals surface area contributed by atoms with E-state index in [9.17, 15) is 19.8 Å². The van der Waals surface area contributed by atoms with Crippen LogP contribution in [-0.4, -0.2) is 59.5 Å². The number of carboxylic acids is 2. The van der Waals surface area contributed by atoms with Crippen molar-refractivity contribution >= 4 is 33.1 Å². The number of carbonyl (C=O) groups is 2. The SMILES string of the molecule is CCC[CH2][Sn+2][CH2]CCC.CCOC=C(OCC)C(=O)[O-].CCOC=C(OCC)C(=O)[O-]. The third-order valence-corrected chi connectivity index (χ3v) is 7.17. The molecule has 0 heterocycles. The topological polar surface area (TPSA) is 117 Å². The molecule has 0 saturated carbocycles. The average molecular weight is 551 g/mol. The van der Waals surface area contributed by atoms with Crippen LogP contribution < -0.4 is 10.2 Å². The molecule has 0 aliphatic rings. The summed E-state index contributed by atoms with van der Waals surface area (Å²) in [6.07, 6.45) is 7.92. The van der Waals surface area contributed by atoms with E-state index in [2.05, 4.69) is 23.3 Å². The van der Waals surface area contributed by atoms with Gasteiger partial charge in [0.05, 0.1) is 26.4 Å². The minimum Gasteiger partial charge on any atom is -0.541 e. The second-order valence-corrected chi connectivity index (χ2v) is 10.1. The summed E-state index contributed by atoms with van der Waals surface area (Å²) in [5.74, 6) is -3.26. The van der Waals surface area contributed by atoms with Crippen LogP contribution in [0.15, 0.2) is 24.0 Å². The van der Waals surface area contributed by atoms with Crippen LogP contribution in [0.1, 0.15) is 67.2 Å². The number of hydrogen-bond acceptors (Lipinski definition) is 8. The van der Waals surface area contributed by atoms with Crippen molar-refractivity contribution in [2.75, 3.05) is 26.4 Å². The minimum absolute atomic E-state index is 0.149. The number of rotatable bonds is 16. The van der Waals surface area contributed by atoms with Crippen molar-refractivity contribution in [3.8, 4) is 0 Å². The van der Waals surface area contributed by atoms with Crippen molar-refractivity contribution in [3.63, 3.8) is 0 Å². The van der Waals surface area contributed by atoms with Crippen molar-refractivity contribution in [2.45, 2.75) is 76.1 Å². The Morgan fingerprint density at radius 2 is 1.03 bits per heavy atom. The fraction of sp³-hybridized carbons (Fsp3) is 0.727. The first-order valence-electron chi connectivity index (χ1n) is 10.9. The summed E-state index contributed by atoms with van der Waals surface area (Å²) in [6.45, 7) is 12.8. The van der Waals surface area contributed by atoms with E-state index in [1.54, 1.807) is 36.6 Å². The van der Waals surface area contributed by atoms with Crippen LogP contribution in [0.4, 0.5) is 0 Å². The molecule has 0 aromatic carbocycles. The smallest absolute Gasteiger partial charge is 0.176 e. The zero-order chi connectivity index (χ0) is 24.3. The summed E-state index contributed by atoms with van der Waals surface area (Å²) in [5, 5.41) is 20.4. The molecule has 0 aliphatic carbocycles. The van der Waals surface area contributed by atoms with Crippen molar-refractivity contribution in [2.24, 2.45) is 0 Å². The summed E-state index contributed by atoms with van der Waals surface area (Å²) in [6, 6.07) is 0. The largest absolute Gasteiger partial charge is 0.541 e. The Kier molecular flexibility index (Phi) is 31.2. The molecule has 0 spiro atoms. The molecule has 0 aromatic heterocycles. The fourth-order valence-corrected chi connectivity index (χ4v) is 5.80. The molecule has 0 saturated heterocycles. The molecule has 0 N–H and O–H groups in total. The number of carboxylic acid groups (broad SMARTS) is 2. The molecule has 0 aromatic rings. The molecular formula is C22H40O8Sn. The van der Waals surface area contributed by atoms with Gasteiger partial charge in [-0.3, -0.25) is 0 Å². The number of unbranched alkanes of at least 4 members (excludes halogenated alkanes) is 2. The van der Waals surface area contributed by atoms with E-state index in [-0.39, 0.29) is 45.9 Å². The maximum Gasteiger partial charge on any atom is 0.176 e. The van der Waals surface area contributed by atoms with Gasteiger partial charge in [0.15, 0.2) is 11.5 Å². The van der Waals surface area contributed by atoms with Crippen LogP contribution in [0.25, 0.3) is 0 Å². The van der Waals surface area contributed by atoms with E-state index in [1.807, 2.05) is 0 Å². The van der Waals surface area contributed by atoms with Gasteiger partial charge in [-0.25, -0.2) is 0 Å². The Hall–Kier alpha value is -1.58. The third kappa shape index (κ3) is 28.4. The fourth-order valence-electron chi connectivity index (χ4n) is 1.64. The van der Waals surface area contributed by atoms with Gasteiger partial charge in [-0.15, -0.1) is 0 Å². The molecule has 31 heavy (non-hydrogen) atoms. The molecule has 0 aliphatic heterocycles. The standard InChI is InChI=1S/2C7H12O4.2C4H9.Sn/c2*1-3-10-5-6(7(8)9)11-4-2;2*1-3-4-2;/h2*5H,3-4H2,1-2H3,(H,8,9);2*1,3-4H2,2H3;/q;;;;+2/p-2. The molecule has 8 nitrogen and oxygen atoms in total. The van der Waals surface area contributed by atoms with Crippen LogP contribution in [0.3, 0.4) is 0 Å². The van der Waals surface area contributed by atoms with Crippen molar-refractivity contribution in [1.82, 2.24) is 0 Å². The second-order valence-electron chi connectivity index (χ2n) is 5.77. The molecular weight excluding hydrogens is 511 g/mol. The summed E-state index contributed by atoms with van der Waals surface area (Å²) in [5.41, 5.74) is 0. The van der Waals surface area contributed by atoms with Gasteiger partial charge >= 0.3 is 69.5 Å². The van der Waals surface area contributed by atoms with E-state index in [4.69, 9.17) is 9.47 Å². The van der Waals surface area contributed by atoms with Crippen molar-refractivity contribution < 1.29 is 38.7 Å². The molecule has 0 atom stereocenters. The van der Waals surface area contributed by atoms with E-state index >= 15 is 0 Å². The number of hydrogen-bond donors (Lipinski definition) is 0. The summed E-state index contributed by atoms with van der Waals surface area (Å²) in [7, 11) is 0. The predicted molar refractivity (Wildman–Crippen MR) is 118 cm³/mol. The minimum atomic E-state index is -1.36. The van der Waals surface area contributed by atoms with Crippen molar-refractivity contribution in [1.29, 1.82) is 0 Å². The molecule has 9 heteroatoms. The Morgan fingerprint density at radius 3 is 1.26 bits per heavy atom. The first-order chi connectivity index (χ1) is 14.9. The molecule has 0 amide bonds. The molecule has 0 fully saturated rings. The van der Waals surface area contributed by atoms with Gasteiger partial charge < -0.3 is 38.7 Å². The Bertz CT molecular complexity index is 436. The van der Waals surface area contributed by atoms with Crippen LogP contribution in [0.5, 0.6) is 0 Å². The van der Waals surface area contributed by atoms with Crippen LogP contribution >= 0.6 is 0 Å². The van der Waals surface area contributed by atoms with E-state index in [0.29, 0.717) is 13.2 Å². The molecule has 0 bridgehead atoms. The normalized spacial score (nSPS) is 10.4. The van der Waals surface area contributed by atoms with Gasteiger partial charge in [-0.05, 0) is 27.7 Å². The summed E-state index contributed by atoms with van der Waals surface area (Å²) in [4.78, 5) is 20.4. The quantitative estimate of drug-likeness (QED) is 0.124. The summed E-state index contributed by atoms with van der Waals surface area (Å²) >= 11 is 0.149. The maximum absolute atomic E-state index is 10.2. The van der Waals surface area contributed by atoms with Crippen LogP contribution in [0, 0.1) is 0 Å². The van der Waals surface area contributed by atoms with E-state index in [0.717, 1.165) is 12.5 Å². The summed E-state index contributed by atoms with van der Waals surface area (Å²) < 4.78 is 22.0. The van der Waals surface area contributed by atoms with E-state index < -0.39 is 11.9 Å². The second kappa shape index (κ2) is 28.4. The van der Waals surface area contributed by atoms with Gasteiger partial charge in [0.1, 0.15) is 24.5 Å².